The van der Waals surface area contributed by atoms with Gasteiger partial charge >= 0.3 is 0 Å². The number of hydrogen-bond donors (Lipinski definition) is 1. The topological polar surface area (TPSA) is 21.3 Å². The van der Waals surface area contributed by atoms with Crippen molar-refractivity contribution in [2.24, 2.45) is 0 Å². The van der Waals surface area contributed by atoms with Crippen molar-refractivity contribution in [2.45, 2.75) is 39.2 Å². The van der Waals surface area contributed by atoms with Gasteiger partial charge < -0.3 is 10.1 Å². The third kappa shape index (κ3) is 2.56. The zero-order valence-electron chi connectivity index (χ0n) is 10.3. The van der Waals surface area contributed by atoms with E-state index in [1.165, 1.54) is 17.5 Å². The Hall–Kier alpha value is -1.02. The Balaban J connectivity index is 2.10. The van der Waals surface area contributed by atoms with Gasteiger partial charge in [-0.25, -0.2) is 0 Å². The average molecular weight is 219 g/mol. The molecule has 1 aromatic carbocycles. The lowest BCUT2D eigenvalue weighted by Crippen LogP contribution is -2.19. The Morgan fingerprint density at radius 3 is 3.12 bits per heavy atom. The SMILES string of the molecule is CCCNC(C)c1ccc2c(c1)CCCO2. The van der Waals surface area contributed by atoms with Crippen molar-refractivity contribution >= 4 is 0 Å². The van der Waals surface area contributed by atoms with Gasteiger partial charge in [0.05, 0.1) is 6.61 Å². The Bertz CT molecular complexity index is 349. The van der Waals surface area contributed by atoms with Crippen LogP contribution in [0.4, 0.5) is 0 Å². The van der Waals surface area contributed by atoms with Crippen LogP contribution >= 0.6 is 0 Å². The first-order valence-corrected chi connectivity index (χ1v) is 6.30. The van der Waals surface area contributed by atoms with Crippen LogP contribution in [0.3, 0.4) is 0 Å². The third-order valence-electron chi connectivity index (χ3n) is 3.13. The van der Waals surface area contributed by atoms with Gasteiger partial charge in [-0.1, -0.05) is 19.1 Å². The highest BCUT2D eigenvalue weighted by Gasteiger charge is 2.12. The van der Waals surface area contributed by atoms with Crippen LogP contribution in [0, 0.1) is 0 Å². The first-order valence-electron chi connectivity index (χ1n) is 6.30. The van der Waals surface area contributed by atoms with Crippen LogP contribution in [0.15, 0.2) is 18.2 Å². The molecule has 0 aromatic heterocycles. The summed E-state index contributed by atoms with van der Waals surface area (Å²) in [5, 5.41) is 3.51. The van der Waals surface area contributed by atoms with Gasteiger partial charge in [0.25, 0.3) is 0 Å². The fourth-order valence-corrected chi connectivity index (χ4v) is 2.13. The lowest BCUT2D eigenvalue weighted by Gasteiger charge is -2.20. The van der Waals surface area contributed by atoms with Crippen molar-refractivity contribution < 1.29 is 4.74 Å². The molecule has 0 bridgehead atoms. The van der Waals surface area contributed by atoms with Crippen LogP contribution in [0.2, 0.25) is 0 Å². The van der Waals surface area contributed by atoms with Gasteiger partial charge in [0.2, 0.25) is 0 Å². The molecule has 0 amide bonds. The summed E-state index contributed by atoms with van der Waals surface area (Å²) in [6.07, 6.45) is 3.48. The van der Waals surface area contributed by atoms with E-state index in [0.29, 0.717) is 6.04 Å². The zero-order chi connectivity index (χ0) is 11.4. The predicted molar refractivity (Wildman–Crippen MR) is 67.0 cm³/mol. The Labute approximate surface area is 98.0 Å². The molecule has 0 saturated carbocycles. The van der Waals surface area contributed by atoms with Crippen molar-refractivity contribution in [2.75, 3.05) is 13.2 Å². The average Bonchev–Trinajstić information content (AvgIpc) is 2.35. The van der Waals surface area contributed by atoms with Gasteiger partial charge in [0.15, 0.2) is 0 Å². The highest BCUT2D eigenvalue weighted by atomic mass is 16.5. The normalized spacial score (nSPS) is 16.4. The maximum absolute atomic E-state index is 5.62. The standard InChI is InChI=1S/C14H21NO/c1-3-8-15-11(2)12-6-7-14-13(10-12)5-4-9-16-14/h6-7,10-11,15H,3-5,8-9H2,1-2H3. The first-order chi connectivity index (χ1) is 7.81. The highest BCUT2D eigenvalue weighted by Crippen LogP contribution is 2.27. The molecule has 1 atom stereocenters. The summed E-state index contributed by atoms with van der Waals surface area (Å²) in [5.41, 5.74) is 2.74. The number of fused-ring (bicyclic) bond motifs is 1. The fraction of sp³-hybridized carbons (Fsp3) is 0.571. The van der Waals surface area contributed by atoms with Gasteiger partial charge in [0, 0.05) is 6.04 Å². The number of aryl methyl sites for hydroxylation is 1. The lowest BCUT2D eigenvalue weighted by atomic mass is 10.00. The van der Waals surface area contributed by atoms with E-state index in [4.69, 9.17) is 4.74 Å². The van der Waals surface area contributed by atoms with Gasteiger partial charge in [-0.15, -0.1) is 0 Å². The zero-order valence-corrected chi connectivity index (χ0v) is 10.3. The van der Waals surface area contributed by atoms with Crippen LogP contribution in [-0.2, 0) is 6.42 Å². The largest absolute Gasteiger partial charge is 0.493 e. The molecule has 0 radical (unpaired) electrons. The van der Waals surface area contributed by atoms with Gasteiger partial charge in [-0.2, -0.15) is 0 Å². The minimum absolute atomic E-state index is 0.437. The summed E-state index contributed by atoms with van der Waals surface area (Å²) in [5.74, 6) is 1.08. The molecule has 1 aliphatic rings. The van der Waals surface area contributed by atoms with Crippen LogP contribution in [0.5, 0.6) is 5.75 Å². The van der Waals surface area contributed by atoms with E-state index in [1.54, 1.807) is 0 Å². The molecule has 1 aromatic rings. The molecule has 16 heavy (non-hydrogen) atoms. The van der Waals surface area contributed by atoms with E-state index in [1.807, 2.05) is 0 Å². The maximum Gasteiger partial charge on any atom is 0.122 e. The van der Waals surface area contributed by atoms with E-state index < -0.39 is 0 Å². The molecule has 1 N–H and O–H groups in total. The molecular formula is C14H21NO. The molecule has 1 aliphatic heterocycles. The Kier molecular flexibility index (Phi) is 3.83. The molecule has 2 heteroatoms. The van der Waals surface area contributed by atoms with E-state index in [2.05, 4.69) is 37.4 Å². The summed E-state index contributed by atoms with van der Waals surface area (Å²) in [7, 11) is 0. The fourth-order valence-electron chi connectivity index (χ4n) is 2.13. The van der Waals surface area contributed by atoms with Crippen LogP contribution in [0.1, 0.15) is 43.9 Å². The predicted octanol–water partition coefficient (Wildman–Crippen LogP) is 3.07. The molecule has 2 nitrogen and oxygen atoms in total. The number of ether oxygens (including phenoxy) is 1. The summed E-state index contributed by atoms with van der Waals surface area (Å²) >= 11 is 0. The summed E-state index contributed by atoms with van der Waals surface area (Å²) in [6, 6.07) is 7.03. The number of hydrogen-bond acceptors (Lipinski definition) is 2. The summed E-state index contributed by atoms with van der Waals surface area (Å²) in [4.78, 5) is 0. The van der Waals surface area contributed by atoms with Crippen LogP contribution in [-0.4, -0.2) is 13.2 Å². The van der Waals surface area contributed by atoms with Crippen molar-refractivity contribution in [3.8, 4) is 5.75 Å². The smallest absolute Gasteiger partial charge is 0.122 e. The molecule has 0 fully saturated rings. The van der Waals surface area contributed by atoms with E-state index in [-0.39, 0.29) is 0 Å². The van der Waals surface area contributed by atoms with E-state index >= 15 is 0 Å². The van der Waals surface area contributed by atoms with Gasteiger partial charge in [-0.05, 0) is 49.9 Å². The van der Waals surface area contributed by atoms with Gasteiger partial charge in [-0.3, -0.25) is 0 Å². The van der Waals surface area contributed by atoms with Crippen LogP contribution in [0.25, 0.3) is 0 Å². The monoisotopic (exact) mass is 219 g/mol. The minimum atomic E-state index is 0.437. The summed E-state index contributed by atoms with van der Waals surface area (Å²) in [6.45, 7) is 6.37. The molecule has 0 aliphatic carbocycles. The Morgan fingerprint density at radius 2 is 2.31 bits per heavy atom. The molecular weight excluding hydrogens is 198 g/mol. The van der Waals surface area contributed by atoms with Crippen molar-refractivity contribution in [1.82, 2.24) is 5.32 Å². The molecule has 88 valence electrons. The summed E-state index contributed by atoms with van der Waals surface area (Å²) < 4.78 is 5.62. The quantitative estimate of drug-likeness (QED) is 0.840. The van der Waals surface area contributed by atoms with Crippen molar-refractivity contribution in [3.05, 3.63) is 29.3 Å². The molecule has 1 heterocycles. The first kappa shape index (κ1) is 11.5. The van der Waals surface area contributed by atoms with E-state index in [0.717, 1.165) is 31.7 Å². The second kappa shape index (κ2) is 5.35. The molecule has 0 saturated heterocycles. The highest BCUT2D eigenvalue weighted by molar-refractivity contribution is 5.39. The number of rotatable bonds is 4. The van der Waals surface area contributed by atoms with Crippen LogP contribution < -0.4 is 10.1 Å². The maximum atomic E-state index is 5.62. The van der Waals surface area contributed by atoms with E-state index in [9.17, 15) is 0 Å². The molecule has 2 rings (SSSR count). The number of benzene rings is 1. The second-order valence-corrected chi connectivity index (χ2v) is 4.49. The Morgan fingerprint density at radius 1 is 1.44 bits per heavy atom. The lowest BCUT2D eigenvalue weighted by molar-refractivity contribution is 0.288. The molecule has 1 unspecified atom stereocenters. The minimum Gasteiger partial charge on any atom is -0.493 e. The van der Waals surface area contributed by atoms with Crippen molar-refractivity contribution in [1.29, 1.82) is 0 Å². The van der Waals surface area contributed by atoms with Gasteiger partial charge in [0.1, 0.15) is 5.75 Å². The van der Waals surface area contributed by atoms with Crippen molar-refractivity contribution in [3.63, 3.8) is 0 Å². The second-order valence-electron chi connectivity index (χ2n) is 4.49. The number of nitrogens with one attached hydrogen (secondary N) is 1. The third-order valence-corrected chi connectivity index (χ3v) is 3.13. The molecule has 0 spiro atoms.